The van der Waals surface area contributed by atoms with E-state index < -0.39 is 0 Å². The van der Waals surface area contributed by atoms with Crippen LogP contribution in [-0.4, -0.2) is 67.7 Å². The molecule has 17 heavy (non-hydrogen) atoms. The van der Waals surface area contributed by atoms with Crippen LogP contribution in [0.1, 0.15) is 19.8 Å². The third-order valence-electron chi connectivity index (χ3n) is 3.50. The van der Waals surface area contributed by atoms with Crippen LogP contribution in [-0.2, 0) is 0 Å². The van der Waals surface area contributed by atoms with Crippen molar-refractivity contribution in [1.82, 2.24) is 20.4 Å². The summed E-state index contributed by atoms with van der Waals surface area (Å²) in [4.78, 5) is 16.2. The van der Waals surface area contributed by atoms with Crippen molar-refractivity contribution in [2.24, 2.45) is 0 Å². The summed E-state index contributed by atoms with van der Waals surface area (Å²) in [6, 6.07) is 0.353. The van der Waals surface area contributed by atoms with Gasteiger partial charge in [-0.2, -0.15) is 0 Å². The van der Waals surface area contributed by atoms with Gasteiger partial charge in [-0.1, -0.05) is 0 Å². The molecule has 98 valence electrons. The first-order valence-electron chi connectivity index (χ1n) is 6.74. The maximum absolute atomic E-state index is 11.9. The van der Waals surface area contributed by atoms with Crippen molar-refractivity contribution in [1.29, 1.82) is 0 Å². The van der Waals surface area contributed by atoms with Crippen molar-refractivity contribution in [2.75, 3.05) is 45.8 Å². The number of likely N-dealkylation sites (tertiary alicyclic amines) is 1. The number of hydrogen-bond donors (Lipinski definition) is 2. The first-order chi connectivity index (χ1) is 8.25. The lowest BCUT2D eigenvalue weighted by Crippen LogP contribution is -2.51. The number of carbonyl (C=O) groups is 1. The van der Waals surface area contributed by atoms with E-state index >= 15 is 0 Å². The van der Waals surface area contributed by atoms with Crippen LogP contribution in [0.25, 0.3) is 0 Å². The van der Waals surface area contributed by atoms with Crippen LogP contribution in [0.4, 0.5) is 4.79 Å². The molecule has 0 radical (unpaired) electrons. The lowest BCUT2D eigenvalue weighted by molar-refractivity contribution is 0.191. The fourth-order valence-corrected chi connectivity index (χ4v) is 2.55. The molecule has 0 bridgehead atoms. The highest BCUT2D eigenvalue weighted by Crippen LogP contribution is 2.07. The molecule has 0 aromatic carbocycles. The molecule has 0 saturated carbocycles. The molecule has 0 spiro atoms. The standard InChI is InChI=1S/C12H24N4O/c1-11(10-15-8-4-13-5-9-15)14-12(17)16-6-2-3-7-16/h11,13H,2-10H2,1H3,(H,14,17). The van der Waals surface area contributed by atoms with E-state index in [2.05, 4.69) is 22.5 Å². The van der Waals surface area contributed by atoms with E-state index in [-0.39, 0.29) is 12.1 Å². The van der Waals surface area contributed by atoms with Gasteiger partial charge in [0.05, 0.1) is 0 Å². The number of urea groups is 1. The molecule has 0 aromatic rings. The quantitative estimate of drug-likeness (QED) is 0.735. The highest BCUT2D eigenvalue weighted by atomic mass is 16.2. The maximum atomic E-state index is 11.9. The monoisotopic (exact) mass is 240 g/mol. The Balaban J connectivity index is 1.68. The van der Waals surface area contributed by atoms with Gasteiger partial charge in [-0.15, -0.1) is 0 Å². The summed E-state index contributed by atoms with van der Waals surface area (Å²) in [5, 5.41) is 6.43. The zero-order valence-corrected chi connectivity index (χ0v) is 10.7. The average molecular weight is 240 g/mol. The van der Waals surface area contributed by atoms with Crippen LogP contribution in [0.5, 0.6) is 0 Å². The van der Waals surface area contributed by atoms with Crippen molar-refractivity contribution in [2.45, 2.75) is 25.8 Å². The Hall–Kier alpha value is -0.810. The van der Waals surface area contributed by atoms with Crippen molar-refractivity contribution < 1.29 is 4.79 Å². The van der Waals surface area contributed by atoms with Gasteiger partial charge >= 0.3 is 6.03 Å². The van der Waals surface area contributed by atoms with Gasteiger partial charge in [0.2, 0.25) is 0 Å². The number of piperazine rings is 1. The summed E-state index contributed by atoms with van der Waals surface area (Å²) < 4.78 is 0. The lowest BCUT2D eigenvalue weighted by atomic mass is 10.2. The molecular formula is C12H24N4O. The van der Waals surface area contributed by atoms with Crippen LogP contribution < -0.4 is 10.6 Å². The zero-order valence-electron chi connectivity index (χ0n) is 10.7. The van der Waals surface area contributed by atoms with Crippen LogP contribution in [0.15, 0.2) is 0 Å². The summed E-state index contributed by atoms with van der Waals surface area (Å²) in [6.45, 7) is 9.20. The molecule has 2 amide bonds. The summed E-state index contributed by atoms with van der Waals surface area (Å²) in [5.41, 5.74) is 0. The summed E-state index contributed by atoms with van der Waals surface area (Å²) in [5.74, 6) is 0. The second kappa shape index (κ2) is 6.21. The van der Waals surface area contributed by atoms with Gasteiger partial charge in [0.1, 0.15) is 0 Å². The third kappa shape index (κ3) is 3.85. The van der Waals surface area contributed by atoms with E-state index in [1.54, 1.807) is 0 Å². The molecule has 0 aromatic heterocycles. The van der Waals surface area contributed by atoms with Crippen LogP contribution in [0.2, 0.25) is 0 Å². The lowest BCUT2D eigenvalue weighted by Gasteiger charge is -2.30. The number of hydrogen-bond acceptors (Lipinski definition) is 3. The predicted octanol–water partition coefficient (Wildman–Crippen LogP) is 0.0855. The van der Waals surface area contributed by atoms with Gasteiger partial charge in [-0.25, -0.2) is 4.79 Å². The van der Waals surface area contributed by atoms with E-state index in [4.69, 9.17) is 0 Å². The smallest absolute Gasteiger partial charge is 0.317 e. The number of amides is 2. The Morgan fingerprint density at radius 3 is 2.53 bits per heavy atom. The Morgan fingerprint density at radius 2 is 1.88 bits per heavy atom. The third-order valence-corrected chi connectivity index (χ3v) is 3.50. The van der Waals surface area contributed by atoms with Gasteiger partial charge in [-0.3, -0.25) is 4.90 Å². The summed E-state index contributed by atoms with van der Waals surface area (Å²) >= 11 is 0. The molecule has 1 atom stereocenters. The Labute approximate surface area is 104 Å². The molecule has 2 saturated heterocycles. The molecule has 5 nitrogen and oxygen atoms in total. The zero-order chi connectivity index (χ0) is 12.1. The SMILES string of the molecule is CC(CN1CCNCC1)NC(=O)N1CCCC1. The van der Waals surface area contributed by atoms with Crippen molar-refractivity contribution in [3.05, 3.63) is 0 Å². The highest BCUT2D eigenvalue weighted by Gasteiger charge is 2.20. The number of carbonyl (C=O) groups excluding carboxylic acids is 1. The van der Waals surface area contributed by atoms with E-state index in [0.29, 0.717) is 0 Å². The maximum Gasteiger partial charge on any atom is 0.317 e. The molecule has 2 N–H and O–H groups in total. The Kier molecular flexibility index (Phi) is 4.62. The molecule has 1 unspecified atom stereocenters. The van der Waals surface area contributed by atoms with Crippen LogP contribution >= 0.6 is 0 Å². The van der Waals surface area contributed by atoms with Crippen molar-refractivity contribution in [3.8, 4) is 0 Å². The molecule has 0 aliphatic carbocycles. The number of rotatable bonds is 3. The molecular weight excluding hydrogens is 216 g/mol. The number of nitrogens with zero attached hydrogens (tertiary/aromatic N) is 2. The minimum absolute atomic E-state index is 0.116. The van der Waals surface area contributed by atoms with Crippen molar-refractivity contribution in [3.63, 3.8) is 0 Å². The molecule has 2 aliphatic rings. The second-order valence-electron chi connectivity index (χ2n) is 5.10. The summed E-state index contributed by atoms with van der Waals surface area (Å²) in [7, 11) is 0. The predicted molar refractivity (Wildman–Crippen MR) is 68.1 cm³/mol. The van der Waals surface area contributed by atoms with Gasteiger partial charge in [0, 0.05) is 51.9 Å². The van der Waals surface area contributed by atoms with Crippen LogP contribution in [0, 0.1) is 0 Å². The first kappa shape index (κ1) is 12.6. The second-order valence-corrected chi connectivity index (χ2v) is 5.10. The topological polar surface area (TPSA) is 47.6 Å². The van der Waals surface area contributed by atoms with Gasteiger partial charge in [0.25, 0.3) is 0 Å². The molecule has 2 aliphatic heterocycles. The van der Waals surface area contributed by atoms with Gasteiger partial charge in [0.15, 0.2) is 0 Å². The molecule has 2 heterocycles. The Bertz CT molecular complexity index is 247. The van der Waals surface area contributed by atoms with E-state index in [0.717, 1.165) is 58.7 Å². The number of nitrogens with one attached hydrogen (secondary N) is 2. The van der Waals surface area contributed by atoms with E-state index in [9.17, 15) is 4.79 Å². The first-order valence-corrected chi connectivity index (χ1v) is 6.74. The fourth-order valence-electron chi connectivity index (χ4n) is 2.55. The normalized spacial score (nSPS) is 23.7. The molecule has 2 rings (SSSR count). The fraction of sp³-hybridized carbons (Fsp3) is 0.917. The largest absolute Gasteiger partial charge is 0.334 e. The summed E-state index contributed by atoms with van der Waals surface area (Å²) in [6.07, 6.45) is 2.30. The van der Waals surface area contributed by atoms with E-state index in [1.165, 1.54) is 0 Å². The van der Waals surface area contributed by atoms with Crippen molar-refractivity contribution >= 4 is 6.03 Å². The molecule has 2 fully saturated rings. The van der Waals surface area contributed by atoms with Gasteiger partial charge < -0.3 is 15.5 Å². The molecule has 5 heteroatoms. The van der Waals surface area contributed by atoms with Gasteiger partial charge in [-0.05, 0) is 19.8 Å². The minimum Gasteiger partial charge on any atom is -0.334 e. The highest BCUT2D eigenvalue weighted by molar-refractivity contribution is 5.74. The average Bonchev–Trinajstić information content (AvgIpc) is 2.83. The van der Waals surface area contributed by atoms with E-state index in [1.807, 2.05) is 4.90 Å². The minimum atomic E-state index is 0.116. The van der Waals surface area contributed by atoms with Crippen LogP contribution in [0.3, 0.4) is 0 Å². The Morgan fingerprint density at radius 1 is 1.24 bits per heavy atom.